The van der Waals surface area contributed by atoms with Gasteiger partial charge in [-0.15, -0.1) is 0 Å². The molecule has 1 aromatic heterocycles. The van der Waals surface area contributed by atoms with E-state index in [0.29, 0.717) is 11.5 Å². The second kappa shape index (κ2) is 5.48. The fourth-order valence-corrected chi connectivity index (χ4v) is 1.75. The minimum absolute atomic E-state index is 0.216. The zero-order valence-electron chi connectivity index (χ0n) is 11.2. The zero-order chi connectivity index (χ0) is 13.8. The number of hydrogen-bond donors (Lipinski definition) is 2. The Kier molecular flexibility index (Phi) is 3.75. The fraction of sp³-hybridized carbons (Fsp3) is 0.214. The van der Waals surface area contributed by atoms with Gasteiger partial charge in [-0.2, -0.15) is 0 Å². The number of hydrogen-bond acceptors (Lipinski definition) is 4. The van der Waals surface area contributed by atoms with Gasteiger partial charge >= 0.3 is 0 Å². The molecule has 2 rings (SSSR count). The Morgan fingerprint density at radius 3 is 2.37 bits per heavy atom. The molecule has 0 unspecified atom stereocenters. The van der Waals surface area contributed by atoms with Crippen molar-refractivity contribution >= 4 is 11.9 Å². The van der Waals surface area contributed by atoms with Crippen LogP contribution in [0.5, 0.6) is 0 Å². The number of amides is 1. The second-order valence-electron chi connectivity index (χ2n) is 4.42. The number of nitrogens with one attached hydrogen (secondary N) is 2. The quantitative estimate of drug-likeness (QED) is 0.826. The van der Waals surface area contributed by atoms with Crippen LogP contribution in [0.15, 0.2) is 30.3 Å². The molecule has 2 N–H and O–H groups in total. The van der Waals surface area contributed by atoms with Crippen molar-refractivity contribution in [3.63, 3.8) is 0 Å². The van der Waals surface area contributed by atoms with Gasteiger partial charge in [-0.05, 0) is 39.0 Å². The lowest BCUT2D eigenvalue weighted by atomic mass is 10.1. The molecule has 0 radical (unpaired) electrons. The Balaban J connectivity index is 2.04. The van der Waals surface area contributed by atoms with Crippen molar-refractivity contribution < 1.29 is 4.79 Å². The van der Waals surface area contributed by atoms with Crippen molar-refractivity contribution in [1.29, 1.82) is 0 Å². The molecule has 0 spiro atoms. The molecule has 5 heteroatoms. The number of carbonyl (C=O) groups is 1. The molecule has 0 atom stereocenters. The molecule has 98 valence electrons. The molecule has 1 heterocycles. The molecule has 1 aromatic carbocycles. The Hall–Kier alpha value is -2.43. The monoisotopic (exact) mass is 256 g/mol. The molecule has 0 saturated heterocycles. The number of rotatable bonds is 3. The Bertz CT molecular complexity index is 590. The highest BCUT2D eigenvalue weighted by Crippen LogP contribution is 2.05. The van der Waals surface area contributed by atoms with E-state index in [1.165, 1.54) is 0 Å². The summed E-state index contributed by atoms with van der Waals surface area (Å²) >= 11 is 0. The van der Waals surface area contributed by atoms with Gasteiger partial charge in [-0.25, -0.2) is 9.97 Å². The molecular formula is C14H16N4O. The largest absolute Gasteiger partial charge is 0.269 e. The Labute approximate surface area is 112 Å². The van der Waals surface area contributed by atoms with Crippen LogP contribution in [0.4, 0.5) is 5.95 Å². The molecule has 0 saturated carbocycles. The van der Waals surface area contributed by atoms with Crippen LogP contribution in [0.25, 0.3) is 0 Å². The van der Waals surface area contributed by atoms with Crippen LogP contribution in [0.2, 0.25) is 0 Å². The van der Waals surface area contributed by atoms with Crippen LogP contribution >= 0.6 is 0 Å². The zero-order valence-corrected chi connectivity index (χ0v) is 11.2. The SMILES string of the molecule is Cc1cccc(C(=O)NNc2nc(C)cc(C)n2)c1. The maximum Gasteiger partial charge on any atom is 0.269 e. The van der Waals surface area contributed by atoms with Crippen molar-refractivity contribution in [2.24, 2.45) is 0 Å². The number of hydrazine groups is 1. The first-order chi connectivity index (χ1) is 9.04. The fourth-order valence-electron chi connectivity index (χ4n) is 1.75. The first-order valence-corrected chi connectivity index (χ1v) is 6.00. The standard InChI is InChI=1S/C14H16N4O/c1-9-5-4-6-12(7-9)13(19)17-18-14-15-10(2)8-11(3)16-14/h4-8H,1-3H3,(H,17,19)(H,15,16,18). The third kappa shape index (κ3) is 3.51. The number of anilines is 1. The molecule has 0 bridgehead atoms. The summed E-state index contributed by atoms with van der Waals surface area (Å²) in [6.07, 6.45) is 0. The van der Waals surface area contributed by atoms with E-state index in [1.807, 2.05) is 45.0 Å². The minimum atomic E-state index is -0.216. The van der Waals surface area contributed by atoms with Gasteiger partial charge in [0.2, 0.25) is 5.95 Å². The van der Waals surface area contributed by atoms with Crippen LogP contribution in [0.3, 0.4) is 0 Å². The van der Waals surface area contributed by atoms with Gasteiger partial charge in [0, 0.05) is 17.0 Å². The van der Waals surface area contributed by atoms with Crippen LogP contribution in [-0.2, 0) is 0 Å². The molecule has 19 heavy (non-hydrogen) atoms. The van der Waals surface area contributed by atoms with Crippen LogP contribution < -0.4 is 10.9 Å². The highest BCUT2D eigenvalue weighted by Gasteiger charge is 2.06. The van der Waals surface area contributed by atoms with Gasteiger partial charge in [0.1, 0.15) is 0 Å². The van der Waals surface area contributed by atoms with Crippen LogP contribution in [0, 0.1) is 20.8 Å². The van der Waals surface area contributed by atoms with Gasteiger partial charge in [0.15, 0.2) is 0 Å². The van der Waals surface area contributed by atoms with Crippen LogP contribution in [-0.4, -0.2) is 15.9 Å². The number of aryl methyl sites for hydroxylation is 3. The van der Waals surface area contributed by atoms with E-state index in [0.717, 1.165) is 17.0 Å². The maximum atomic E-state index is 11.9. The smallest absolute Gasteiger partial charge is 0.267 e. The van der Waals surface area contributed by atoms with E-state index in [9.17, 15) is 4.79 Å². The topological polar surface area (TPSA) is 66.9 Å². The van der Waals surface area contributed by atoms with E-state index in [-0.39, 0.29) is 5.91 Å². The summed E-state index contributed by atoms with van der Waals surface area (Å²) in [4.78, 5) is 20.3. The van der Waals surface area contributed by atoms with Gasteiger partial charge in [-0.1, -0.05) is 17.7 Å². The highest BCUT2D eigenvalue weighted by atomic mass is 16.2. The predicted molar refractivity (Wildman–Crippen MR) is 73.8 cm³/mol. The summed E-state index contributed by atoms with van der Waals surface area (Å²) in [6.45, 7) is 5.70. The first-order valence-electron chi connectivity index (χ1n) is 6.00. The Morgan fingerprint density at radius 1 is 1.05 bits per heavy atom. The number of carbonyl (C=O) groups excluding carboxylic acids is 1. The number of nitrogens with zero attached hydrogens (tertiary/aromatic N) is 2. The summed E-state index contributed by atoms with van der Waals surface area (Å²) in [6, 6.07) is 9.23. The summed E-state index contributed by atoms with van der Waals surface area (Å²) < 4.78 is 0. The van der Waals surface area contributed by atoms with Gasteiger partial charge in [0.05, 0.1) is 0 Å². The molecular weight excluding hydrogens is 240 g/mol. The van der Waals surface area contributed by atoms with Crippen LogP contribution in [0.1, 0.15) is 27.3 Å². The third-order valence-electron chi connectivity index (χ3n) is 2.55. The lowest BCUT2D eigenvalue weighted by Gasteiger charge is -2.08. The summed E-state index contributed by atoms with van der Waals surface area (Å²) in [5, 5.41) is 0. The van der Waals surface area contributed by atoms with Gasteiger partial charge in [0.25, 0.3) is 5.91 Å². The van der Waals surface area contributed by atoms with Crippen molar-refractivity contribution in [1.82, 2.24) is 15.4 Å². The molecule has 2 aromatic rings. The second-order valence-corrected chi connectivity index (χ2v) is 4.42. The average molecular weight is 256 g/mol. The molecule has 0 aliphatic rings. The van der Waals surface area contributed by atoms with Crippen molar-refractivity contribution in [2.45, 2.75) is 20.8 Å². The first kappa shape index (κ1) is 13.0. The van der Waals surface area contributed by atoms with Gasteiger partial charge in [-0.3, -0.25) is 15.6 Å². The van der Waals surface area contributed by atoms with E-state index < -0.39 is 0 Å². The normalized spacial score (nSPS) is 10.1. The highest BCUT2D eigenvalue weighted by molar-refractivity contribution is 5.94. The summed E-state index contributed by atoms with van der Waals surface area (Å²) in [7, 11) is 0. The van der Waals surface area contributed by atoms with Crippen molar-refractivity contribution in [3.05, 3.63) is 52.8 Å². The van der Waals surface area contributed by atoms with Crippen molar-refractivity contribution in [3.8, 4) is 0 Å². The lowest BCUT2D eigenvalue weighted by molar-refractivity contribution is 0.0962. The molecule has 0 fully saturated rings. The molecule has 0 aliphatic heterocycles. The number of aromatic nitrogens is 2. The average Bonchev–Trinajstić information content (AvgIpc) is 2.35. The number of benzene rings is 1. The Morgan fingerprint density at radius 2 is 1.74 bits per heavy atom. The molecule has 0 aliphatic carbocycles. The maximum absolute atomic E-state index is 11.9. The summed E-state index contributed by atoms with van der Waals surface area (Å²) in [5.41, 5.74) is 8.63. The van der Waals surface area contributed by atoms with Crippen molar-refractivity contribution in [2.75, 3.05) is 5.43 Å². The predicted octanol–water partition coefficient (Wildman–Crippen LogP) is 2.16. The van der Waals surface area contributed by atoms with E-state index in [1.54, 1.807) is 6.07 Å². The molecule has 5 nitrogen and oxygen atoms in total. The van der Waals surface area contributed by atoms with E-state index in [4.69, 9.17) is 0 Å². The van der Waals surface area contributed by atoms with E-state index in [2.05, 4.69) is 20.8 Å². The summed E-state index contributed by atoms with van der Waals surface area (Å²) in [5.74, 6) is 0.171. The lowest BCUT2D eigenvalue weighted by Crippen LogP contribution is -2.30. The third-order valence-corrected chi connectivity index (χ3v) is 2.55. The minimum Gasteiger partial charge on any atom is -0.267 e. The van der Waals surface area contributed by atoms with E-state index >= 15 is 0 Å². The van der Waals surface area contributed by atoms with Gasteiger partial charge < -0.3 is 0 Å². The molecule has 1 amide bonds.